The summed E-state index contributed by atoms with van der Waals surface area (Å²) in [5, 5.41) is 5.34. The van der Waals surface area contributed by atoms with E-state index in [1.54, 1.807) is 6.07 Å². The molecule has 0 radical (unpaired) electrons. The molecule has 1 saturated carbocycles. The zero-order valence-corrected chi connectivity index (χ0v) is 10.9. The summed E-state index contributed by atoms with van der Waals surface area (Å²) in [5.41, 5.74) is 0.667. The van der Waals surface area contributed by atoms with Crippen molar-refractivity contribution in [3.63, 3.8) is 0 Å². The molecular formula is C11H12BrN3O2. The number of nitrogens with one attached hydrogen (secondary N) is 2. The average Bonchev–Trinajstić information content (AvgIpc) is 3.11. The van der Waals surface area contributed by atoms with E-state index in [4.69, 9.17) is 0 Å². The van der Waals surface area contributed by atoms with E-state index in [-0.39, 0.29) is 23.6 Å². The van der Waals surface area contributed by atoms with Crippen molar-refractivity contribution in [2.24, 2.45) is 0 Å². The van der Waals surface area contributed by atoms with E-state index in [0.717, 1.165) is 12.8 Å². The van der Waals surface area contributed by atoms with Crippen molar-refractivity contribution >= 4 is 27.7 Å². The van der Waals surface area contributed by atoms with Gasteiger partial charge in [-0.15, -0.1) is 0 Å². The van der Waals surface area contributed by atoms with Gasteiger partial charge in [-0.3, -0.25) is 9.59 Å². The molecule has 17 heavy (non-hydrogen) atoms. The first kappa shape index (κ1) is 12.0. The normalized spacial score (nSPS) is 14.2. The van der Waals surface area contributed by atoms with Crippen molar-refractivity contribution in [3.8, 4) is 0 Å². The number of rotatable bonds is 3. The lowest BCUT2D eigenvalue weighted by atomic mass is 10.2. The van der Waals surface area contributed by atoms with E-state index in [1.807, 2.05) is 0 Å². The number of amides is 2. The van der Waals surface area contributed by atoms with E-state index in [9.17, 15) is 9.59 Å². The van der Waals surface area contributed by atoms with Gasteiger partial charge in [0.1, 0.15) is 10.3 Å². The van der Waals surface area contributed by atoms with E-state index in [0.29, 0.717) is 10.2 Å². The van der Waals surface area contributed by atoms with Crippen LogP contribution >= 0.6 is 15.9 Å². The average molecular weight is 298 g/mol. The highest BCUT2D eigenvalue weighted by Crippen LogP contribution is 2.20. The van der Waals surface area contributed by atoms with Crippen molar-refractivity contribution in [2.45, 2.75) is 18.9 Å². The Bertz CT molecular complexity index is 472. The van der Waals surface area contributed by atoms with Gasteiger partial charge in [0.05, 0.1) is 0 Å². The van der Waals surface area contributed by atoms with Gasteiger partial charge >= 0.3 is 0 Å². The van der Waals surface area contributed by atoms with Crippen LogP contribution in [-0.2, 0) is 0 Å². The maximum atomic E-state index is 11.8. The molecule has 0 spiro atoms. The number of nitrogens with zero attached hydrogens (tertiary/aromatic N) is 1. The number of hydrogen-bond donors (Lipinski definition) is 2. The molecule has 0 aliphatic heterocycles. The maximum Gasteiger partial charge on any atom is 0.269 e. The Morgan fingerprint density at radius 3 is 2.65 bits per heavy atom. The first-order chi connectivity index (χ1) is 8.10. The molecule has 1 aliphatic rings. The summed E-state index contributed by atoms with van der Waals surface area (Å²) >= 11 is 3.19. The fourth-order valence-corrected chi connectivity index (χ4v) is 1.81. The van der Waals surface area contributed by atoms with E-state index >= 15 is 0 Å². The minimum Gasteiger partial charge on any atom is -0.354 e. The molecule has 0 unspecified atom stereocenters. The van der Waals surface area contributed by atoms with E-state index in [1.165, 1.54) is 13.1 Å². The van der Waals surface area contributed by atoms with Crippen LogP contribution in [0.4, 0.5) is 0 Å². The second kappa shape index (κ2) is 4.83. The highest BCUT2D eigenvalue weighted by atomic mass is 79.9. The van der Waals surface area contributed by atoms with Crippen LogP contribution in [0.2, 0.25) is 0 Å². The summed E-state index contributed by atoms with van der Waals surface area (Å²) in [5.74, 6) is -0.479. The third kappa shape index (κ3) is 3.03. The van der Waals surface area contributed by atoms with Crippen LogP contribution in [0.5, 0.6) is 0 Å². The molecule has 6 heteroatoms. The van der Waals surface area contributed by atoms with Gasteiger partial charge in [0.25, 0.3) is 11.8 Å². The predicted molar refractivity (Wildman–Crippen MR) is 65.8 cm³/mol. The molecule has 1 aliphatic carbocycles. The molecule has 1 aromatic rings. The predicted octanol–water partition coefficient (Wildman–Crippen LogP) is 1.10. The Balaban J connectivity index is 2.23. The lowest BCUT2D eigenvalue weighted by Crippen LogP contribution is -2.26. The highest BCUT2D eigenvalue weighted by Gasteiger charge is 2.24. The third-order valence-corrected chi connectivity index (χ3v) is 2.83. The lowest BCUT2D eigenvalue weighted by Gasteiger charge is -2.06. The van der Waals surface area contributed by atoms with Crippen molar-refractivity contribution in [3.05, 3.63) is 28.0 Å². The monoisotopic (exact) mass is 297 g/mol. The molecule has 0 aromatic carbocycles. The first-order valence-electron chi connectivity index (χ1n) is 5.30. The minimum atomic E-state index is -0.313. The highest BCUT2D eigenvalue weighted by molar-refractivity contribution is 9.10. The van der Waals surface area contributed by atoms with Crippen LogP contribution in [0, 0.1) is 0 Å². The van der Waals surface area contributed by atoms with Gasteiger partial charge in [0.15, 0.2) is 0 Å². The Hall–Kier alpha value is -1.43. The Labute approximate surface area is 107 Å². The SMILES string of the molecule is CNC(=O)c1cc(C(=O)NC2CC2)cc(Br)n1. The summed E-state index contributed by atoms with van der Waals surface area (Å²) in [4.78, 5) is 27.3. The molecule has 5 nitrogen and oxygen atoms in total. The molecule has 90 valence electrons. The van der Waals surface area contributed by atoms with Gasteiger partial charge in [0.2, 0.25) is 0 Å². The van der Waals surface area contributed by atoms with Gasteiger partial charge in [-0.05, 0) is 40.9 Å². The number of carbonyl (C=O) groups excluding carboxylic acids is 2. The molecule has 1 heterocycles. The van der Waals surface area contributed by atoms with Crippen LogP contribution in [-0.4, -0.2) is 29.9 Å². The van der Waals surface area contributed by atoms with E-state index < -0.39 is 0 Å². The van der Waals surface area contributed by atoms with Crippen LogP contribution in [0.15, 0.2) is 16.7 Å². The summed E-state index contributed by atoms with van der Waals surface area (Å²) in [6.07, 6.45) is 2.06. The van der Waals surface area contributed by atoms with E-state index in [2.05, 4.69) is 31.5 Å². The standard InChI is InChI=1S/C11H12BrN3O2/c1-13-11(17)8-4-6(5-9(12)15-8)10(16)14-7-2-3-7/h4-5,7H,2-3H2,1H3,(H,13,17)(H,14,16). The van der Waals surface area contributed by atoms with Crippen LogP contribution in [0.3, 0.4) is 0 Å². The first-order valence-corrected chi connectivity index (χ1v) is 6.10. The topological polar surface area (TPSA) is 71.1 Å². The minimum absolute atomic E-state index is 0.166. The number of aromatic nitrogens is 1. The number of hydrogen-bond acceptors (Lipinski definition) is 3. The van der Waals surface area contributed by atoms with Gasteiger partial charge in [-0.1, -0.05) is 0 Å². The lowest BCUT2D eigenvalue weighted by molar-refractivity contribution is 0.0951. The third-order valence-electron chi connectivity index (χ3n) is 2.43. The molecular weight excluding hydrogens is 286 g/mol. The van der Waals surface area contributed by atoms with Gasteiger partial charge in [-0.2, -0.15) is 0 Å². The van der Waals surface area contributed by atoms with Crippen LogP contribution in [0.25, 0.3) is 0 Å². The van der Waals surface area contributed by atoms with Gasteiger partial charge in [0, 0.05) is 18.7 Å². The Kier molecular flexibility index (Phi) is 3.42. The zero-order valence-electron chi connectivity index (χ0n) is 9.29. The smallest absolute Gasteiger partial charge is 0.269 e. The summed E-state index contributed by atoms with van der Waals surface area (Å²) in [7, 11) is 1.52. The molecule has 1 fully saturated rings. The molecule has 2 rings (SSSR count). The largest absolute Gasteiger partial charge is 0.354 e. The van der Waals surface area contributed by atoms with Crippen molar-refractivity contribution in [1.29, 1.82) is 0 Å². The Morgan fingerprint density at radius 1 is 1.35 bits per heavy atom. The van der Waals surface area contributed by atoms with Crippen molar-refractivity contribution in [1.82, 2.24) is 15.6 Å². The second-order valence-corrected chi connectivity index (χ2v) is 4.70. The molecule has 0 saturated heterocycles. The molecule has 0 bridgehead atoms. The summed E-state index contributed by atoms with van der Waals surface area (Å²) in [6, 6.07) is 3.38. The summed E-state index contributed by atoms with van der Waals surface area (Å²) < 4.78 is 0.472. The molecule has 0 atom stereocenters. The number of halogens is 1. The number of pyridine rings is 1. The fraction of sp³-hybridized carbons (Fsp3) is 0.364. The van der Waals surface area contributed by atoms with Gasteiger partial charge in [-0.25, -0.2) is 4.98 Å². The molecule has 2 N–H and O–H groups in total. The van der Waals surface area contributed by atoms with Crippen molar-refractivity contribution < 1.29 is 9.59 Å². The molecule has 2 amide bonds. The van der Waals surface area contributed by atoms with Crippen molar-refractivity contribution in [2.75, 3.05) is 7.05 Å². The number of carbonyl (C=O) groups is 2. The zero-order chi connectivity index (χ0) is 12.4. The van der Waals surface area contributed by atoms with Crippen LogP contribution < -0.4 is 10.6 Å². The Morgan fingerprint density at radius 2 is 2.06 bits per heavy atom. The fourth-order valence-electron chi connectivity index (χ4n) is 1.37. The van der Waals surface area contributed by atoms with Crippen LogP contribution in [0.1, 0.15) is 33.7 Å². The summed E-state index contributed by atoms with van der Waals surface area (Å²) in [6.45, 7) is 0. The quantitative estimate of drug-likeness (QED) is 0.821. The maximum absolute atomic E-state index is 11.8. The molecule has 1 aromatic heterocycles. The van der Waals surface area contributed by atoms with Gasteiger partial charge < -0.3 is 10.6 Å². The second-order valence-electron chi connectivity index (χ2n) is 3.89.